The van der Waals surface area contributed by atoms with Gasteiger partial charge in [-0.25, -0.2) is 0 Å². The van der Waals surface area contributed by atoms with E-state index in [-0.39, 0.29) is 5.75 Å². The summed E-state index contributed by atoms with van der Waals surface area (Å²) < 4.78 is 7.78. The lowest BCUT2D eigenvalue weighted by Crippen LogP contribution is -2.12. The molecule has 0 saturated carbocycles. The van der Waals surface area contributed by atoms with E-state index in [0.29, 0.717) is 18.3 Å². The molecule has 0 spiro atoms. The van der Waals surface area contributed by atoms with E-state index in [1.54, 1.807) is 16.8 Å². The second-order valence-corrected chi connectivity index (χ2v) is 12.4. The summed E-state index contributed by atoms with van der Waals surface area (Å²) in [5.41, 5.74) is 3.02. The van der Waals surface area contributed by atoms with Crippen molar-refractivity contribution in [2.75, 3.05) is 18.5 Å². The highest BCUT2D eigenvalue weighted by Gasteiger charge is 2.13. The van der Waals surface area contributed by atoms with Crippen LogP contribution in [0.5, 0.6) is 11.5 Å². The molecule has 1 heterocycles. The standard InChI is InChI=1S/C36H49N5O2S/c1-2-3-4-5-6-7-8-9-10-11-12-13-15-19-30-20-18-23-33(28-30)43-27-26-37-34-29-32(42)24-25-35(34)44-36-38-39-40-41(36)31-21-16-14-17-22-31/h14,16-18,20-25,28-29,37,42H,2-13,15,19,26-27H2,1H3. The number of para-hydroxylation sites is 1. The van der Waals surface area contributed by atoms with Crippen LogP contribution in [0.1, 0.15) is 96.0 Å². The molecule has 4 rings (SSSR count). The van der Waals surface area contributed by atoms with Crippen LogP contribution in [0.4, 0.5) is 5.69 Å². The smallest absolute Gasteiger partial charge is 0.218 e. The zero-order valence-electron chi connectivity index (χ0n) is 26.3. The number of nitrogens with zero attached hydrogens (tertiary/aromatic N) is 4. The van der Waals surface area contributed by atoms with Crippen molar-refractivity contribution in [1.29, 1.82) is 0 Å². The summed E-state index contributed by atoms with van der Waals surface area (Å²) >= 11 is 1.44. The average Bonchev–Trinajstić information content (AvgIpc) is 3.51. The van der Waals surface area contributed by atoms with Gasteiger partial charge >= 0.3 is 0 Å². The van der Waals surface area contributed by atoms with Gasteiger partial charge in [0.2, 0.25) is 5.16 Å². The fourth-order valence-electron chi connectivity index (χ4n) is 5.31. The molecular formula is C36H49N5O2S. The van der Waals surface area contributed by atoms with E-state index in [2.05, 4.69) is 46.0 Å². The van der Waals surface area contributed by atoms with Gasteiger partial charge in [0.15, 0.2) is 0 Å². The van der Waals surface area contributed by atoms with Crippen LogP contribution in [-0.4, -0.2) is 38.5 Å². The van der Waals surface area contributed by atoms with Crippen LogP contribution in [0.2, 0.25) is 0 Å². The first kappa shape index (κ1) is 33.4. The van der Waals surface area contributed by atoms with Crippen LogP contribution in [0.15, 0.2) is 82.8 Å². The number of anilines is 1. The van der Waals surface area contributed by atoms with Gasteiger partial charge in [-0.2, -0.15) is 4.68 Å². The predicted molar refractivity (Wildman–Crippen MR) is 181 cm³/mol. The number of phenols is 1. The van der Waals surface area contributed by atoms with E-state index in [0.717, 1.165) is 28.4 Å². The number of unbranched alkanes of at least 4 members (excludes halogenated alkanes) is 12. The number of aryl methyl sites for hydroxylation is 1. The van der Waals surface area contributed by atoms with Gasteiger partial charge in [-0.1, -0.05) is 114 Å². The molecule has 1 aromatic heterocycles. The Hall–Kier alpha value is -3.52. The molecule has 44 heavy (non-hydrogen) atoms. The largest absolute Gasteiger partial charge is 0.508 e. The zero-order chi connectivity index (χ0) is 30.7. The molecule has 0 fully saturated rings. The normalized spacial score (nSPS) is 11.1. The zero-order valence-corrected chi connectivity index (χ0v) is 27.1. The predicted octanol–water partition coefficient (Wildman–Crippen LogP) is 9.64. The number of benzene rings is 3. The van der Waals surface area contributed by atoms with Gasteiger partial charge in [-0.15, -0.1) is 5.10 Å². The maximum Gasteiger partial charge on any atom is 0.218 e. The molecule has 0 bridgehead atoms. The maximum absolute atomic E-state index is 10.1. The number of hydrogen-bond acceptors (Lipinski definition) is 7. The lowest BCUT2D eigenvalue weighted by Gasteiger charge is -2.13. The number of hydrogen-bond donors (Lipinski definition) is 2. The van der Waals surface area contributed by atoms with Gasteiger partial charge in [0.25, 0.3) is 0 Å². The fraction of sp³-hybridized carbons (Fsp3) is 0.472. The van der Waals surface area contributed by atoms with Crippen LogP contribution < -0.4 is 10.1 Å². The molecule has 0 aliphatic carbocycles. The highest BCUT2D eigenvalue weighted by molar-refractivity contribution is 7.99. The van der Waals surface area contributed by atoms with E-state index in [1.807, 2.05) is 42.5 Å². The number of rotatable bonds is 22. The Labute approximate surface area is 267 Å². The van der Waals surface area contributed by atoms with Crippen LogP contribution >= 0.6 is 11.8 Å². The number of ether oxygens (including phenoxy) is 1. The van der Waals surface area contributed by atoms with E-state index in [9.17, 15) is 5.11 Å². The van der Waals surface area contributed by atoms with Gasteiger partial charge in [-0.3, -0.25) is 0 Å². The van der Waals surface area contributed by atoms with Crippen LogP contribution in [0, 0.1) is 0 Å². The molecule has 0 aliphatic heterocycles. The summed E-state index contributed by atoms with van der Waals surface area (Å²) in [5, 5.41) is 26.4. The first-order chi connectivity index (χ1) is 21.7. The summed E-state index contributed by atoms with van der Waals surface area (Å²) in [5.74, 6) is 1.09. The minimum absolute atomic E-state index is 0.196. The van der Waals surface area contributed by atoms with E-state index in [1.165, 1.54) is 101 Å². The monoisotopic (exact) mass is 615 g/mol. The minimum atomic E-state index is 0.196. The topological polar surface area (TPSA) is 85.1 Å². The van der Waals surface area contributed by atoms with E-state index in [4.69, 9.17) is 4.74 Å². The van der Waals surface area contributed by atoms with E-state index < -0.39 is 0 Å². The Kier molecular flexibility index (Phi) is 14.9. The molecule has 236 valence electrons. The van der Waals surface area contributed by atoms with Crippen molar-refractivity contribution in [3.8, 4) is 17.2 Å². The van der Waals surface area contributed by atoms with Crippen molar-refractivity contribution in [3.05, 3.63) is 78.4 Å². The third-order valence-corrected chi connectivity index (χ3v) is 8.77. The molecule has 8 heteroatoms. The number of tetrazole rings is 1. The summed E-state index contributed by atoms with van der Waals surface area (Å²) in [6.07, 6.45) is 19.0. The molecule has 4 aromatic rings. The maximum atomic E-state index is 10.1. The molecule has 3 aromatic carbocycles. The van der Waals surface area contributed by atoms with Gasteiger partial charge in [-0.05, 0) is 77.0 Å². The van der Waals surface area contributed by atoms with Gasteiger partial charge in [0.05, 0.1) is 11.4 Å². The minimum Gasteiger partial charge on any atom is -0.508 e. The van der Waals surface area contributed by atoms with Crippen molar-refractivity contribution in [3.63, 3.8) is 0 Å². The molecule has 2 N–H and O–H groups in total. The number of aromatic hydroxyl groups is 1. The molecule has 0 aliphatic rings. The van der Waals surface area contributed by atoms with Crippen molar-refractivity contribution in [1.82, 2.24) is 20.2 Å². The van der Waals surface area contributed by atoms with Crippen molar-refractivity contribution in [2.45, 2.75) is 107 Å². The van der Waals surface area contributed by atoms with Crippen LogP contribution in [-0.2, 0) is 6.42 Å². The Balaban J connectivity index is 1.13. The van der Waals surface area contributed by atoms with Crippen molar-refractivity contribution >= 4 is 17.4 Å². The molecule has 0 radical (unpaired) electrons. The quantitative estimate of drug-likeness (QED) is 0.0852. The average molecular weight is 616 g/mol. The molecule has 0 saturated heterocycles. The first-order valence-corrected chi connectivity index (χ1v) is 17.3. The van der Waals surface area contributed by atoms with Crippen molar-refractivity contribution < 1.29 is 9.84 Å². The summed E-state index contributed by atoms with van der Waals surface area (Å²) in [6, 6.07) is 23.5. The van der Waals surface area contributed by atoms with Crippen molar-refractivity contribution in [2.24, 2.45) is 0 Å². The van der Waals surface area contributed by atoms with Gasteiger partial charge in [0, 0.05) is 17.5 Å². The molecule has 0 amide bonds. The summed E-state index contributed by atoms with van der Waals surface area (Å²) in [7, 11) is 0. The molecular weight excluding hydrogens is 566 g/mol. The van der Waals surface area contributed by atoms with Crippen LogP contribution in [0.25, 0.3) is 5.69 Å². The number of nitrogens with one attached hydrogen (secondary N) is 1. The highest BCUT2D eigenvalue weighted by Crippen LogP contribution is 2.35. The number of aromatic nitrogens is 4. The lowest BCUT2D eigenvalue weighted by molar-refractivity contribution is 0.332. The number of phenolic OH excluding ortho intramolecular Hbond substituents is 1. The second-order valence-electron chi connectivity index (χ2n) is 11.4. The Morgan fingerprint density at radius 2 is 1.48 bits per heavy atom. The fourth-order valence-corrected chi connectivity index (χ4v) is 6.19. The molecule has 7 nitrogen and oxygen atoms in total. The summed E-state index contributed by atoms with van der Waals surface area (Å²) in [6.45, 7) is 3.37. The molecule has 0 unspecified atom stereocenters. The SMILES string of the molecule is CCCCCCCCCCCCCCCc1cccc(OCCNc2cc(O)ccc2Sc2nnnn2-c2ccccc2)c1. The van der Waals surface area contributed by atoms with E-state index >= 15 is 0 Å². The van der Waals surface area contributed by atoms with Gasteiger partial charge < -0.3 is 15.2 Å². The third-order valence-electron chi connectivity index (χ3n) is 7.76. The first-order valence-electron chi connectivity index (χ1n) is 16.5. The molecule has 0 atom stereocenters. The lowest BCUT2D eigenvalue weighted by atomic mass is 10.0. The Bertz CT molecular complexity index is 1350. The Morgan fingerprint density at radius 1 is 0.773 bits per heavy atom. The Morgan fingerprint density at radius 3 is 2.20 bits per heavy atom. The summed E-state index contributed by atoms with van der Waals surface area (Å²) in [4.78, 5) is 0.912. The third kappa shape index (κ3) is 11.9. The second kappa shape index (κ2) is 19.7. The van der Waals surface area contributed by atoms with Crippen LogP contribution in [0.3, 0.4) is 0 Å². The highest BCUT2D eigenvalue weighted by atomic mass is 32.2. The van der Waals surface area contributed by atoms with Gasteiger partial charge in [0.1, 0.15) is 18.1 Å².